The van der Waals surface area contributed by atoms with E-state index in [1.165, 1.54) is 19.4 Å². The molecule has 452 valence electrons. The van der Waals surface area contributed by atoms with E-state index < -0.39 is 133 Å². The van der Waals surface area contributed by atoms with E-state index in [1.54, 1.807) is 30.3 Å². The molecule has 1 unspecified atom stereocenters. The molecule has 0 aliphatic rings. The highest BCUT2D eigenvalue weighted by molar-refractivity contribution is 5.97. The molecule has 31 nitrogen and oxygen atoms in total. The van der Waals surface area contributed by atoms with Crippen LogP contribution in [0.4, 0.5) is 11.4 Å². The average Bonchev–Trinajstić information content (AvgIpc) is 4.12. The van der Waals surface area contributed by atoms with Crippen molar-refractivity contribution in [2.45, 2.75) is 101 Å². The van der Waals surface area contributed by atoms with Crippen LogP contribution in [-0.2, 0) is 70.3 Å². The van der Waals surface area contributed by atoms with E-state index in [-0.39, 0.29) is 57.1 Å². The molecule has 0 aliphatic carbocycles. The van der Waals surface area contributed by atoms with E-state index in [1.807, 2.05) is 11.8 Å². The molecular weight excluding hydrogens is 1080 g/mol. The van der Waals surface area contributed by atoms with Crippen molar-refractivity contribution in [3.8, 4) is 0 Å². The normalized spacial score (nSPS) is 13.7. The number of anilines is 2. The molecule has 1 aromatic heterocycles. The molecule has 0 radical (unpaired) electrons. The molecule has 31 heteroatoms. The van der Waals surface area contributed by atoms with E-state index in [0.717, 1.165) is 19.1 Å². The summed E-state index contributed by atoms with van der Waals surface area (Å²) in [6.45, 7) is 2.09. The minimum absolute atomic E-state index is 0.0366. The highest BCUT2D eigenvalue weighted by atomic mass is 16.5. The molecule has 0 saturated heterocycles. The number of amides is 6. The largest absolute Gasteiger partial charge is 0.481 e. The van der Waals surface area contributed by atoms with Gasteiger partial charge in [-0.25, -0.2) is 9.78 Å². The Morgan fingerprint density at radius 3 is 1.87 bits per heavy atom. The summed E-state index contributed by atoms with van der Waals surface area (Å²) < 4.78 is 10.8. The van der Waals surface area contributed by atoms with Crippen LogP contribution >= 0.6 is 0 Å². The van der Waals surface area contributed by atoms with Gasteiger partial charge in [0.2, 0.25) is 35.4 Å². The molecule has 0 saturated carbocycles. The Kier molecular flexibility index (Phi) is 30.6. The number of carbonyl (C=O) groups is 10. The van der Waals surface area contributed by atoms with E-state index in [0.29, 0.717) is 50.3 Å². The number of unbranched alkanes of at least 4 members (excludes halogenated alkanes) is 1. The van der Waals surface area contributed by atoms with Crippen LogP contribution in [0.3, 0.4) is 0 Å². The number of aldehydes is 1. The molecule has 0 bridgehead atoms. The Morgan fingerprint density at radius 1 is 0.671 bits per heavy atom. The van der Waals surface area contributed by atoms with Crippen LogP contribution in [-0.4, -0.2) is 221 Å². The van der Waals surface area contributed by atoms with Crippen molar-refractivity contribution in [3.63, 3.8) is 0 Å². The number of nitrogens with one attached hydrogen (secondary N) is 10. The SMILES string of the molecule is CCCCN(CCNCC(=O)O)C(C=O)CCCNc1c(NCCOCCOCC(=O)N[C@@H](CC(=O)O)C(=O)N[C@@H](C)C(=O)N[C@@H](Cc2cnc[nH]2)C(=O)N[C@@H](CO)C(=O)N[C@@H](Cc2ccccc2)C(=O)N[C@@H](CO)C(=O)O)c(=O)c1=O. The Bertz CT molecular complexity index is 2620. The van der Waals surface area contributed by atoms with Gasteiger partial charge in [-0.05, 0) is 38.3 Å². The third-order valence-corrected chi connectivity index (χ3v) is 12.2. The van der Waals surface area contributed by atoms with Crippen LogP contribution in [0.1, 0.15) is 57.2 Å². The first kappa shape index (κ1) is 68.0. The number of carbonyl (C=O) groups excluding carboxylic acids is 7. The zero-order chi connectivity index (χ0) is 60.6. The summed E-state index contributed by atoms with van der Waals surface area (Å²) in [5.74, 6) is -10.2. The van der Waals surface area contributed by atoms with Gasteiger partial charge in [0.05, 0.1) is 58.4 Å². The van der Waals surface area contributed by atoms with Crippen LogP contribution in [0.2, 0.25) is 0 Å². The number of ether oxygens (including phenoxy) is 2. The van der Waals surface area contributed by atoms with Crippen LogP contribution in [0.15, 0.2) is 52.4 Å². The maximum absolute atomic E-state index is 13.7. The Balaban J connectivity index is 1.48. The number of aromatic nitrogens is 2. The standard InChI is InChI=1S/C51H74N12O19/c1-3-4-15-63(16-13-52-24-41(70)71)33(25-64)11-8-12-54-42-43(45(73)44(42)72)55-14-17-81-18-19-82-28-39(67)58-36(22-40(68)69)47(75)57-30(2)46(74)59-35(21-32-23-53-29-56-32)49(77)61-37(26-65)50(78)60-34(20-31-9-6-5-7-10-31)48(76)62-38(27-66)51(79)80/h5-7,9-10,23,25,29-30,33-38,52,54-55,65-66H,3-4,8,11-22,24,26-28H2,1-2H3,(H,53,56)(H,57,75)(H,58,67)(H,59,74)(H,60,78)(H,61,77)(H,62,76)(H,68,69)(H,70,71)(H,79,80)/t30-,33?,34-,35-,36-,37-,38-/m0/s1. The van der Waals surface area contributed by atoms with Gasteiger partial charge in [-0.2, -0.15) is 0 Å². The van der Waals surface area contributed by atoms with Gasteiger partial charge in [-0.15, -0.1) is 0 Å². The van der Waals surface area contributed by atoms with Gasteiger partial charge >= 0.3 is 17.9 Å². The first-order chi connectivity index (χ1) is 39.2. The van der Waals surface area contributed by atoms with Crippen molar-refractivity contribution in [2.75, 3.05) is 89.5 Å². The third kappa shape index (κ3) is 24.2. The molecule has 3 aromatic rings. The van der Waals surface area contributed by atoms with Crippen molar-refractivity contribution >= 4 is 71.0 Å². The summed E-state index contributed by atoms with van der Waals surface area (Å²) in [4.78, 5) is 159. The highest BCUT2D eigenvalue weighted by Crippen LogP contribution is 2.15. The number of aromatic amines is 1. The predicted octanol–water partition coefficient (Wildman–Crippen LogP) is -5.06. The fourth-order valence-electron chi connectivity index (χ4n) is 7.82. The minimum Gasteiger partial charge on any atom is -0.481 e. The molecule has 7 atom stereocenters. The maximum Gasteiger partial charge on any atom is 0.328 e. The lowest BCUT2D eigenvalue weighted by atomic mass is 10.0. The lowest BCUT2D eigenvalue weighted by molar-refractivity contribution is -0.143. The minimum atomic E-state index is -1.75. The Labute approximate surface area is 470 Å². The van der Waals surface area contributed by atoms with Crippen LogP contribution in [0.25, 0.3) is 0 Å². The van der Waals surface area contributed by atoms with Gasteiger partial charge in [0.1, 0.15) is 60.5 Å². The van der Waals surface area contributed by atoms with Gasteiger partial charge in [0, 0.05) is 50.9 Å². The summed E-state index contributed by atoms with van der Waals surface area (Å²) in [7, 11) is 0. The topological polar surface area (TPSA) is 465 Å². The molecule has 0 fully saturated rings. The number of aliphatic carboxylic acids is 3. The van der Waals surface area contributed by atoms with Crippen LogP contribution in [0, 0.1) is 0 Å². The van der Waals surface area contributed by atoms with Gasteiger partial charge in [0.15, 0.2) is 0 Å². The fourth-order valence-corrected chi connectivity index (χ4v) is 7.82. The van der Waals surface area contributed by atoms with Gasteiger partial charge in [-0.3, -0.25) is 52.8 Å². The first-order valence-corrected chi connectivity index (χ1v) is 26.3. The van der Waals surface area contributed by atoms with Gasteiger partial charge in [0.25, 0.3) is 10.9 Å². The highest BCUT2D eigenvalue weighted by Gasteiger charge is 2.33. The number of imidazole rings is 1. The van der Waals surface area contributed by atoms with Crippen molar-refractivity contribution in [1.29, 1.82) is 0 Å². The number of benzene rings is 1. The molecule has 15 N–H and O–H groups in total. The number of aliphatic hydroxyl groups excluding tert-OH is 2. The number of rotatable bonds is 44. The second-order valence-corrected chi connectivity index (χ2v) is 18.6. The number of hydrogen-bond donors (Lipinski definition) is 15. The maximum atomic E-state index is 13.7. The number of H-pyrrole nitrogens is 1. The van der Waals surface area contributed by atoms with E-state index in [2.05, 4.69) is 57.8 Å². The second kappa shape index (κ2) is 36.9. The summed E-state index contributed by atoms with van der Waals surface area (Å²) in [5.41, 5.74) is -0.421. The number of nitrogens with zero attached hydrogens (tertiary/aromatic N) is 2. The summed E-state index contributed by atoms with van der Waals surface area (Å²) in [6, 6.07) is -1.91. The van der Waals surface area contributed by atoms with Crippen molar-refractivity contribution < 1.29 is 83.0 Å². The molecule has 6 amide bonds. The lowest BCUT2D eigenvalue weighted by Crippen LogP contribution is -2.60. The molecule has 3 rings (SSSR count). The molecular formula is C51H74N12O19. The Hall–Kier alpha value is -8.23. The van der Waals surface area contributed by atoms with Crippen molar-refractivity contribution in [3.05, 3.63) is 74.6 Å². The number of aliphatic hydroxyl groups is 2. The zero-order valence-corrected chi connectivity index (χ0v) is 45.4. The predicted molar refractivity (Wildman–Crippen MR) is 290 cm³/mol. The fraction of sp³-hybridized carbons (Fsp3) is 0.549. The Morgan fingerprint density at radius 2 is 1.27 bits per heavy atom. The number of hydrogen-bond acceptors (Lipinski definition) is 21. The average molecular weight is 1160 g/mol. The second-order valence-electron chi connectivity index (χ2n) is 18.6. The molecule has 1 heterocycles. The monoisotopic (exact) mass is 1160 g/mol. The molecule has 2 aromatic carbocycles. The number of carboxylic acid groups (broad SMARTS) is 3. The summed E-state index contributed by atoms with van der Waals surface area (Å²) in [6.07, 6.45) is 4.73. The van der Waals surface area contributed by atoms with E-state index >= 15 is 0 Å². The van der Waals surface area contributed by atoms with Crippen molar-refractivity contribution in [1.82, 2.24) is 52.1 Å². The smallest absolute Gasteiger partial charge is 0.328 e. The summed E-state index contributed by atoms with van der Waals surface area (Å²) in [5, 5.41) is 69.7. The quantitative estimate of drug-likeness (QED) is 0.0143. The first-order valence-electron chi connectivity index (χ1n) is 26.3. The summed E-state index contributed by atoms with van der Waals surface area (Å²) >= 11 is 0. The zero-order valence-electron chi connectivity index (χ0n) is 45.4. The molecule has 82 heavy (non-hydrogen) atoms. The number of carboxylic acids is 3. The van der Waals surface area contributed by atoms with E-state index in [9.17, 15) is 78.0 Å². The third-order valence-electron chi connectivity index (χ3n) is 12.2. The molecule has 0 aliphatic heterocycles. The molecule has 0 spiro atoms. The van der Waals surface area contributed by atoms with Crippen LogP contribution < -0.4 is 58.7 Å². The lowest BCUT2D eigenvalue weighted by Gasteiger charge is -2.28. The van der Waals surface area contributed by atoms with Crippen molar-refractivity contribution in [2.24, 2.45) is 0 Å². The van der Waals surface area contributed by atoms with Crippen LogP contribution in [0.5, 0.6) is 0 Å². The van der Waals surface area contributed by atoms with Gasteiger partial charge in [-0.1, -0.05) is 43.7 Å². The van der Waals surface area contributed by atoms with E-state index in [4.69, 9.17) is 14.6 Å². The van der Waals surface area contributed by atoms with Gasteiger partial charge < -0.3 is 92.6 Å².